The number of aromatic nitrogens is 2. The number of amides is 2. The van der Waals surface area contributed by atoms with Crippen LogP contribution >= 0.6 is 0 Å². The lowest BCUT2D eigenvalue weighted by molar-refractivity contribution is -0.125. The fourth-order valence-corrected chi connectivity index (χ4v) is 2.98. The van der Waals surface area contributed by atoms with E-state index in [1.807, 2.05) is 0 Å². The summed E-state index contributed by atoms with van der Waals surface area (Å²) in [4.78, 5) is 32.5. The summed E-state index contributed by atoms with van der Waals surface area (Å²) in [5, 5.41) is 5.82. The van der Waals surface area contributed by atoms with Crippen LogP contribution in [0.1, 0.15) is 25.7 Å². The van der Waals surface area contributed by atoms with Gasteiger partial charge in [-0.1, -0.05) is 0 Å². The van der Waals surface area contributed by atoms with Crippen molar-refractivity contribution in [3.63, 3.8) is 0 Å². The zero-order chi connectivity index (χ0) is 16.8. The van der Waals surface area contributed by atoms with E-state index in [1.54, 1.807) is 49.1 Å². The van der Waals surface area contributed by atoms with E-state index in [1.165, 1.54) is 0 Å². The highest BCUT2D eigenvalue weighted by Gasteiger charge is 2.30. The Morgan fingerprint density at radius 1 is 0.708 bits per heavy atom. The van der Waals surface area contributed by atoms with Gasteiger partial charge in [-0.05, 0) is 49.9 Å². The summed E-state index contributed by atoms with van der Waals surface area (Å²) >= 11 is 0. The Kier molecular flexibility index (Phi) is 5.15. The molecule has 124 valence electrons. The maximum atomic E-state index is 12.3. The second-order valence-electron chi connectivity index (χ2n) is 6.00. The van der Waals surface area contributed by atoms with Crippen LogP contribution in [-0.4, -0.2) is 21.8 Å². The lowest BCUT2D eigenvalue weighted by atomic mass is 9.81. The second-order valence-corrected chi connectivity index (χ2v) is 6.00. The van der Waals surface area contributed by atoms with Gasteiger partial charge in [-0.2, -0.15) is 0 Å². The quantitative estimate of drug-likeness (QED) is 0.906. The molecule has 2 amide bonds. The Morgan fingerprint density at radius 2 is 1.04 bits per heavy atom. The van der Waals surface area contributed by atoms with Crippen molar-refractivity contribution in [3.05, 3.63) is 49.1 Å². The first-order chi connectivity index (χ1) is 11.7. The van der Waals surface area contributed by atoms with Crippen LogP contribution in [0.25, 0.3) is 0 Å². The van der Waals surface area contributed by atoms with Gasteiger partial charge >= 0.3 is 0 Å². The summed E-state index contributed by atoms with van der Waals surface area (Å²) in [6, 6.07) is 7.08. The first-order valence-electron chi connectivity index (χ1n) is 8.14. The number of anilines is 2. The minimum atomic E-state index is -0.0388. The molecule has 3 rings (SSSR count). The summed E-state index contributed by atoms with van der Waals surface area (Å²) < 4.78 is 0. The van der Waals surface area contributed by atoms with E-state index in [-0.39, 0.29) is 23.7 Å². The molecule has 0 unspecified atom stereocenters. The number of carbonyl (C=O) groups excluding carboxylic acids is 2. The average molecular weight is 324 g/mol. The summed E-state index contributed by atoms with van der Waals surface area (Å²) in [7, 11) is 0. The van der Waals surface area contributed by atoms with Crippen LogP contribution in [0.2, 0.25) is 0 Å². The van der Waals surface area contributed by atoms with Crippen LogP contribution in [0.3, 0.4) is 0 Å². The smallest absolute Gasteiger partial charge is 0.227 e. The van der Waals surface area contributed by atoms with Gasteiger partial charge in [0.05, 0.1) is 0 Å². The Labute approximate surface area is 140 Å². The van der Waals surface area contributed by atoms with Gasteiger partial charge in [0.15, 0.2) is 0 Å². The Bertz CT molecular complexity index is 621. The molecule has 6 nitrogen and oxygen atoms in total. The summed E-state index contributed by atoms with van der Waals surface area (Å²) in [5.74, 6) is -0.0327. The third-order valence-electron chi connectivity index (χ3n) is 4.36. The van der Waals surface area contributed by atoms with Gasteiger partial charge in [0.25, 0.3) is 0 Å². The standard InChI is InChI=1S/C18H20N4O2/c23-17(21-15-5-9-19-10-6-15)13-1-2-14(4-3-13)18(24)22-16-7-11-20-12-8-16/h5-14H,1-4H2,(H,19,21,23)(H,20,22,24). The van der Waals surface area contributed by atoms with Crippen LogP contribution in [0.15, 0.2) is 49.1 Å². The highest BCUT2D eigenvalue weighted by Crippen LogP contribution is 2.30. The van der Waals surface area contributed by atoms with Crippen LogP contribution in [-0.2, 0) is 9.59 Å². The molecule has 0 spiro atoms. The molecule has 0 aliphatic heterocycles. The Morgan fingerprint density at radius 3 is 1.38 bits per heavy atom. The van der Waals surface area contributed by atoms with E-state index in [0.717, 1.165) is 37.1 Å². The molecule has 0 aromatic carbocycles. The van der Waals surface area contributed by atoms with Crippen molar-refractivity contribution in [2.75, 3.05) is 10.6 Å². The van der Waals surface area contributed by atoms with Gasteiger partial charge < -0.3 is 10.6 Å². The van der Waals surface area contributed by atoms with Crippen LogP contribution in [0.4, 0.5) is 11.4 Å². The third-order valence-corrected chi connectivity index (χ3v) is 4.36. The van der Waals surface area contributed by atoms with E-state index in [9.17, 15) is 9.59 Å². The largest absolute Gasteiger partial charge is 0.326 e. The van der Waals surface area contributed by atoms with Gasteiger partial charge in [-0.3, -0.25) is 19.6 Å². The van der Waals surface area contributed by atoms with Crippen molar-refractivity contribution >= 4 is 23.2 Å². The number of rotatable bonds is 4. The predicted molar refractivity (Wildman–Crippen MR) is 91.2 cm³/mol. The van der Waals surface area contributed by atoms with Crippen molar-refractivity contribution in [1.29, 1.82) is 0 Å². The highest BCUT2D eigenvalue weighted by atomic mass is 16.2. The fourth-order valence-electron chi connectivity index (χ4n) is 2.98. The monoisotopic (exact) mass is 324 g/mol. The molecule has 2 aromatic rings. The van der Waals surface area contributed by atoms with Crippen molar-refractivity contribution in [1.82, 2.24) is 9.97 Å². The third kappa shape index (κ3) is 4.16. The molecule has 1 fully saturated rings. The summed E-state index contributed by atoms with van der Waals surface area (Å²) in [6.07, 6.45) is 9.51. The van der Waals surface area contributed by atoms with Crippen molar-refractivity contribution in [2.24, 2.45) is 11.8 Å². The first kappa shape index (κ1) is 16.1. The van der Waals surface area contributed by atoms with Crippen LogP contribution < -0.4 is 10.6 Å². The van der Waals surface area contributed by atoms with Gasteiger partial charge in [0.2, 0.25) is 11.8 Å². The lowest BCUT2D eigenvalue weighted by Gasteiger charge is -2.27. The number of hydrogen-bond donors (Lipinski definition) is 2. The Hall–Kier alpha value is -2.76. The van der Waals surface area contributed by atoms with E-state index in [0.29, 0.717) is 0 Å². The minimum Gasteiger partial charge on any atom is -0.326 e. The zero-order valence-corrected chi connectivity index (χ0v) is 13.3. The van der Waals surface area contributed by atoms with E-state index >= 15 is 0 Å². The number of nitrogens with zero attached hydrogens (tertiary/aromatic N) is 2. The molecule has 6 heteroatoms. The van der Waals surface area contributed by atoms with Crippen molar-refractivity contribution in [3.8, 4) is 0 Å². The number of hydrogen-bond acceptors (Lipinski definition) is 4. The van der Waals surface area contributed by atoms with Gasteiger partial charge in [-0.25, -0.2) is 0 Å². The molecule has 0 radical (unpaired) electrons. The predicted octanol–water partition coefficient (Wildman–Crippen LogP) is 2.86. The molecule has 1 aliphatic carbocycles. The molecule has 1 aliphatic rings. The lowest BCUT2D eigenvalue weighted by Crippen LogP contribution is -2.32. The van der Waals surface area contributed by atoms with Gasteiger partial charge in [0, 0.05) is 48.0 Å². The molecule has 0 atom stereocenters. The normalized spacial score (nSPS) is 20.2. The molecular formula is C18H20N4O2. The Balaban J connectivity index is 1.48. The topological polar surface area (TPSA) is 84.0 Å². The highest BCUT2D eigenvalue weighted by molar-refractivity contribution is 5.94. The molecule has 2 aromatic heterocycles. The van der Waals surface area contributed by atoms with E-state index < -0.39 is 0 Å². The minimum absolute atomic E-state index is 0.0224. The average Bonchev–Trinajstić information content (AvgIpc) is 2.63. The number of carbonyl (C=O) groups is 2. The van der Waals surface area contributed by atoms with E-state index in [2.05, 4.69) is 20.6 Å². The van der Waals surface area contributed by atoms with Gasteiger partial charge in [0.1, 0.15) is 0 Å². The van der Waals surface area contributed by atoms with Gasteiger partial charge in [-0.15, -0.1) is 0 Å². The van der Waals surface area contributed by atoms with Crippen molar-refractivity contribution < 1.29 is 9.59 Å². The number of pyridine rings is 2. The molecule has 0 saturated heterocycles. The van der Waals surface area contributed by atoms with Crippen LogP contribution in [0, 0.1) is 11.8 Å². The number of nitrogens with one attached hydrogen (secondary N) is 2. The molecule has 2 heterocycles. The first-order valence-corrected chi connectivity index (χ1v) is 8.14. The van der Waals surface area contributed by atoms with E-state index in [4.69, 9.17) is 0 Å². The van der Waals surface area contributed by atoms with Crippen molar-refractivity contribution in [2.45, 2.75) is 25.7 Å². The molecule has 2 N–H and O–H groups in total. The zero-order valence-electron chi connectivity index (χ0n) is 13.3. The molecule has 1 saturated carbocycles. The SMILES string of the molecule is O=C(Nc1ccncc1)C1CCC(C(=O)Nc2ccncc2)CC1. The molecule has 24 heavy (non-hydrogen) atoms. The molecule has 0 bridgehead atoms. The molecular weight excluding hydrogens is 304 g/mol. The summed E-state index contributed by atoms with van der Waals surface area (Å²) in [6.45, 7) is 0. The maximum Gasteiger partial charge on any atom is 0.227 e. The summed E-state index contributed by atoms with van der Waals surface area (Å²) in [5.41, 5.74) is 1.51. The maximum absolute atomic E-state index is 12.3. The second kappa shape index (κ2) is 7.68. The fraction of sp³-hybridized carbons (Fsp3) is 0.333. The van der Waals surface area contributed by atoms with Crippen LogP contribution in [0.5, 0.6) is 0 Å².